The average molecular weight is 1460 g/mol. The zero-order chi connectivity index (χ0) is 71.2. The van der Waals surface area contributed by atoms with E-state index in [0.29, 0.717) is 41.4 Å². The van der Waals surface area contributed by atoms with E-state index in [2.05, 4.69) is 66.0 Å². The maximum absolute atomic E-state index is 7.88. The summed E-state index contributed by atoms with van der Waals surface area (Å²) in [6.07, 6.45) is 40.7. The van der Waals surface area contributed by atoms with Gasteiger partial charge < -0.3 is 43.2 Å². The Kier molecular flexibility index (Phi) is 28.4. The fraction of sp³-hybridized carbons (Fsp3) is 1.00. The van der Waals surface area contributed by atoms with E-state index in [1.807, 2.05) is 0 Å². The second-order valence-corrected chi connectivity index (χ2v) is 37.4. The quantitative estimate of drug-likeness (QED) is 0.0290. The predicted octanol–water partition coefficient (Wildman–Crippen LogP) is 13.7. The highest BCUT2D eigenvalue weighted by Crippen LogP contribution is 2.61. The van der Waals surface area contributed by atoms with Crippen LogP contribution in [0.2, 0.25) is 0 Å². The normalized spacial score (nSPS) is 47.8. The first-order valence-corrected chi connectivity index (χ1v) is 46.1. The number of hydrogen-bond acceptors (Lipinski definition) is 17. The molecule has 15 aliphatic rings. The molecule has 17 heteroatoms. The number of fused-ring (bicyclic) bond motifs is 26. The largest absolute Gasteiger partial charge is 0.378 e. The third kappa shape index (κ3) is 16.1. The minimum absolute atomic E-state index is 0.0165. The minimum Gasteiger partial charge on any atom is -0.378 e. The number of hydrogen-bond donors (Lipinski definition) is 9. The van der Waals surface area contributed by atoms with E-state index in [4.69, 9.17) is 75.1 Å². The van der Waals surface area contributed by atoms with E-state index in [-0.39, 0.29) is 152 Å². The van der Waals surface area contributed by atoms with Gasteiger partial charge in [0.15, 0.2) is 0 Å². The highest BCUT2D eigenvalue weighted by Gasteiger charge is 2.70. The molecule has 596 valence electrons. The van der Waals surface area contributed by atoms with Gasteiger partial charge in [0.05, 0.1) is 98.2 Å². The van der Waals surface area contributed by atoms with Gasteiger partial charge in [-0.25, -0.2) is 0 Å². The Morgan fingerprint density at radius 1 is 0.221 bits per heavy atom. The predicted molar refractivity (Wildman–Crippen MR) is 414 cm³/mol. The fourth-order valence-electron chi connectivity index (χ4n) is 26.9. The average Bonchev–Trinajstić information content (AvgIpc) is 1.63. The maximum atomic E-state index is 7.88. The topological polar surface area (TPSA) is 182 Å². The van der Waals surface area contributed by atoms with Gasteiger partial charge in [-0.05, 0) is 168 Å². The first kappa shape index (κ1) is 78.6. The molecule has 9 saturated carbocycles. The van der Waals surface area contributed by atoms with Crippen molar-refractivity contribution in [1.29, 1.82) is 0 Å². The number of nitrogens with one attached hydrogen (secondary N) is 9. The number of ether oxygens (including phenoxy) is 8. The Balaban J connectivity index is 0.922. The van der Waals surface area contributed by atoms with Crippen molar-refractivity contribution in [2.24, 2.45) is 112 Å². The Morgan fingerprint density at radius 3 is 0.673 bits per heavy atom. The van der Waals surface area contributed by atoms with Crippen LogP contribution in [0.3, 0.4) is 0 Å². The lowest BCUT2D eigenvalue weighted by Gasteiger charge is -2.57. The van der Waals surface area contributed by atoms with Crippen LogP contribution in [0.1, 0.15) is 274 Å². The van der Waals surface area contributed by atoms with Crippen LogP contribution < -0.4 is 47.9 Å². The molecule has 0 aromatic rings. The molecule has 0 radical (unpaired) electrons. The van der Waals surface area contributed by atoms with Gasteiger partial charge in [-0.3, -0.25) is 42.5 Å². The van der Waals surface area contributed by atoms with E-state index in [9.17, 15) is 0 Å². The van der Waals surface area contributed by atoms with Crippen molar-refractivity contribution in [2.75, 3.05) is 59.4 Å². The van der Waals surface area contributed by atoms with Crippen LogP contribution in [0.5, 0.6) is 0 Å². The van der Waals surface area contributed by atoms with Crippen LogP contribution in [0, 0.1) is 112 Å². The summed E-state index contributed by atoms with van der Waals surface area (Å²) in [5, 5.41) is 42.3. The molecule has 6 aliphatic heterocycles. The van der Waals surface area contributed by atoms with E-state index in [1.165, 1.54) is 103 Å². The second-order valence-electron chi connectivity index (χ2n) is 37.4. The summed E-state index contributed by atoms with van der Waals surface area (Å²) in [6, 6.07) is 0.190. The van der Waals surface area contributed by atoms with Crippen LogP contribution in [0.4, 0.5) is 0 Å². The molecule has 15 rings (SSSR count). The first-order valence-electron chi connectivity index (χ1n) is 46.1. The van der Waals surface area contributed by atoms with Crippen molar-refractivity contribution < 1.29 is 37.9 Å². The molecule has 8 bridgehead atoms. The Hall–Kier alpha value is -0.680. The smallest absolute Gasteiger partial charge is 0.0792 e. The highest BCUT2D eigenvalue weighted by molar-refractivity contribution is 5.21. The third-order valence-corrected chi connectivity index (χ3v) is 31.5. The molecule has 9 aliphatic carbocycles. The van der Waals surface area contributed by atoms with Crippen LogP contribution >= 0.6 is 0 Å². The molecule has 0 aromatic carbocycles. The molecule has 17 nitrogen and oxygen atoms in total. The van der Waals surface area contributed by atoms with Crippen LogP contribution in [0.15, 0.2) is 0 Å². The molecule has 9 N–H and O–H groups in total. The maximum Gasteiger partial charge on any atom is 0.0792 e. The summed E-state index contributed by atoms with van der Waals surface area (Å²) in [5.41, 5.74) is 0. The summed E-state index contributed by atoms with van der Waals surface area (Å²) >= 11 is 0. The SMILES string of the molecule is CCCCOC1C2CCCCC2C(OCCCC)C2C3NC(NC4NC(NC5NC(NC6NC(N3)C3C(OCCCC)C7CC8CCCCC8CC7C(OCCCC)C63)C3C(OCCCC)C6NCCCC6C(OCCCC)C53)C3C(OCCCC)C5CC6CCCCC6CC5C(OCCCC)C43)C12. The third-order valence-electron chi connectivity index (χ3n) is 31.5. The van der Waals surface area contributed by atoms with Crippen molar-refractivity contribution in [3.63, 3.8) is 0 Å². The van der Waals surface area contributed by atoms with Gasteiger partial charge in [-0.15, -0.1) is 0 Å². The minimum atomic E-state index is -0.110. The van der Waals surface area contributed by atoms with E-state index < -0.39 is 0 Å². The summed E-state index contributed by atoms with van der Waals surface area (Å²) in [6.45, 7) is 26.2. The zero-order valence-corrected chi connectivity index (χ0v) is 67.0. The Bertz CT molecular complexity index is 2240. The molecule has 6 heterocycles. The summed E-state index contributed by atoms with van der Waals surface area (Å²) in [7, 11) is 0. The fourth-order valence-corrected chi connectivity index (χ4v) is 26.9. The molecular formula is C87H155N9O8. The van der Waals surface area contributed by atoms with Gasteiger partial charge in [0.1, 0.15) is 0 Å². The summed E-state index contributed by atoms with van der Waals surface area (Å²) in [4.78, 5) is 0. The lowest BCUT2D eigenvalue weighted by molar-refractivity contribution is -0.189. The molecule has 0 amide bonds. The summed E-state index contributed by atoms with van der Waals surface area (Å²) < 4.78 is 62.5. The number of rotatable bonds is 32. The van der Waals surface area contributed by atoms with Crippen LogP contribution in [-0.4, -0.2) is 164 Å². The molecule has 36 unspecified atom stereocenters. The molecular weight excluding hydrogens is 1300 g/mol. The lowest BCUT2D eigenvalue weighted by Crippen LogP contribution is -2.68. The zero-order valence-electron chi connectivity index (χ0n) is 67.0. The van der Waals surface area contributed by atoms with Crippen LogP contribution in [0.25, 0.3) is 0 Å². The lowest BCUT2D eigenvalue weighted by atomic mass is 9.54. The van der Waals surface area contributed by atoms with Crippen molar-refractivity contribution in [1.82, 2.24) is 47.9 Å². The monoisotopic (exact) mass is 1450 g/mol. The second kappa shape index (κ2) is 37.5. The van der Waals surface area contributed by atoms with E-state index >= 15 is 0 Å². The van der Waals surface area contributed by atoms with Crippen molar-refractivity contribution in [3.8, 4) is 0 Å². The molecule has 104 heavy (non-hydrogen) atoms. The van der Waals surface area contributed by atoms with E-state index in [0.717, 1.165) is 199 Å². The van der Waals surface area contributed by atoms with Crippen LogP contribution in [-0.2, 0) is 37.9 Å². The number of unbranched alkanes of at least 4 members (excludes halogenated alkanes) is 8. The first-order chi connectivity index (χ1) is 51.3. The van der Waals surface area contributed by atoms with Gasteiger partial charge in [0.2, 0.25) is 0 Å². The molecule has 0 aromatic heterocycles. The Morgan fingerprint density at radius 2 is 0.423 bits per heavy atom. The van der Waals surface area contributed by atoms with Crippen molar-refractivity contribution in [2.45, 2.75) is 378 Å². The highest BCUT2D eigenvalue weighted by atomic mass is 16.5. The molecule has 36 atom stereocenters. The number of piperidine rings is 1. The molecule has 15 fully saturated rings. The van der Waals surface area contributed by atoms with E-state index in [1.54, 1.807) is 0 Å². The molecule has 6 saturated heterocycles. The van der Waals surface area contributed by atoms with Crippen molar-refractivity contribution in [3.05, 3.63) is 0 Å². The van der Waals surface area contributed by atoms with Crippen molar-refractivity contribution >= 4 is 0 Å². The van der Waals surface area contributed by atoms with Gasteiger partial charge >= 0.3 is 0 Å². The Labute approximate surface area is 632 Å². The van der Waals surface area contributed by atoms with Gasteiger partial charge in [-0.2, -0.15) is 0 Å². The summed E-state index contributed by atoms with van der Waals surface area (Å²) in [5.74, 6) is 7.07. The molecule has 0 spiro atoms. The standard InChI is InChI=1S/C87H155N9O8/c1-9-17-40-97-72-56-36-29-30-37-57(56)73(98-41-18-10-2)64-63(72)80-89-81(64)91-83-67-68(78(103-46-23-15-7)62-51-55-35-28-27-34-54(55)50-61(62)77(67)102-45-22-14-6)85(93-83)95-87-70-69(74(99-42-19-11-3)58-38-31-39-88-71(58)79(70)104-47-24-16-8)86(96-87)94-84-66-65(82(90-80)92-84)75(100-43-20-12-4)59-48-52-32-25-26-33-53(52)49-60(59)76(66)101-44-21-13-5/h52-96H,9-51H2,1-8H3. The van der Waals surface area contributed by atoms with Gasteiger partial charge in [-0.1, -0.05) is 171 Å². The van der Waals surface area contributed by atoms with Gasteiger partial charge in [0.25, 0.3) is 0 Å². The van der Waals surface area contributed by atoms with Gasteiger partial charge in [0, 0.05) is 112 Å².